The molecule has 3 heteroatoms. The third-order valence-electron chi connectivity index (χ3n) is 9.78. The van der Waals surface area contributed by atoms with Crippen LogP contribution in [0.5, 0.6) is 0 Å². The monoisotopic (exact) mass is 386 g/mol. The summed E-state index contributed by atoms with van der Waals surface area (Å²) < 4.78 is 4.94. The summed E-state index contributed by atoms with van der Waals surface area (Å²) in [6.45, 7) is 7.35. The zero-order chi connectivity index (χ0) is 20.1. The Kier molecular flexibility index (Phi) is 5.25. The minimum atomic E-state index is -0.0533. The fraction of sp³-hybridized carbons (Fsp3) is 0.840. The van der Waals surface area contributed by atoms with Crippen molar-refractivity contribution in [2.24, 2.45) is 40.4 Å². The van der Waals surface area contributed by atoms with Crippen molar-refractivity contribution >= 4 is 11.8 Å². The normalized spacial score (nSPS) is 44.9. The van der Waals surface area contributed by atoms with Gasteiger partial charge in [-0.1, -0.05) is 32.8 Å². The lowest BCUT2D eigenvalue weighted by Gasteiger charge is -2.58. The number of carbonyl (C=O) groups is 2. The Morgan fingerprint density at radius 1 is 1.18 bits per heavy atom. The molecule has 0 aliphatic heterocycles. The highest BCUT2D eigenvalue weighted by Crippen LogP contribution is 2.68. The van der Waals surface area contributed by atoms with E-state index in [1.165, 1.54) is 44.8 Å². The number of carbonyl (C=O) groups excluding carboxylic acids is 2. The van der Waals surface area contributed by atoms with Gasteiger partial charge in [0.1, 0.15) is 0 Å². The second-order valence-corrected chi connectivity index (χ2v) is 10.6. The Balaban J connectivity index is 1.59. The van der Waals surface area contributed by atoms with Crippen molar-refractivity contribution in [3.8, 4) is 0 Å². The molecule has 0 bridgehead atoms. The number of fused-ring (bicyclic) bond motifs is 5. The Morgan fingerprint density at radius 2 is 1.96 bits per heavy atom. The van der Waals surface area contributed by atoms with E-state index in [1.54, 1.807) is 0 Å². The number of esters is 1. The molecular weight excluding hydrogens is 348 g/mol. The molecule has 4 aliphatic rings. The maximum Gasteiger partial charge on any atom is 0.305 e. The highest BCUT2D eigenvalue weighted by atomic mass is 16.5. The predicted molar refractivity (Wildman–Crippen MR) is 111 cm³/mol. The first kappa shape index (κ1) is 20.2. The average molecular weight is 387 g/mol. The molecule has 0 aromatic carbocycles. The molecule has 0 spiro atoms. The molecule has 3 saturated carbocycles. The molecule has 0 N–H and O–H groups in total. The van der Waals surface area contributed by atoms with E-state index in [1.807, 2.05) is 6.08 Å². The first-order chi connectivity index (χ1) is 13.3. The van der Waals surface area contributed by atoms with Crippen molar-refractivity contribution < 1.29 is 14.3 Å². The van der Waals surface area contributed by atoms with Gasteiger partial charge in [0, 0.05) is 12.8 Å². The summed E-state index contributed by atoms with van der Waals surface area (Å²) in [6.07, 6.45) is 12.9. The van der Waals surface area contributed by atoms with Crippen LogP contribution in [0, 0.1) is 40.4 Å². The number of hydrogen-bond donors (Lipinski definition) is 0. The van der Waals surface area contributed by atoms with Gasteiger partial charge in [-0.25, -0.2) is 0 Å². The Bertz CT molecular complexity index is 679. The van der Waals surface area contributed by atoms with Crippen molar-refractivity contribution in [2.75, 3.05) is 7.11 Å². The van der Waals surface area contributed by atoms with Crippen LogP contribution >= 0.6 is 0 Å². The Hall–Kier alpha value is -1.12. The highest BCUT2D eigenvalue weighted by Gasteiger charge is 2.60. The number of ketones is 1. The molecule has 4 rings (SSSR count). The van der Waals surface area contributed by atoms with E-state index < -0.39 is 0 Å². The molecule has 0 aromatic rings. The van der Waals surface area contributed by atoms with Crippen LogP contribution in [-0.4, -0.2) is 18.9 Å². The topological polar surface area (TPSA) is 43.4 Å². The molecule has 1 unspecified atom stereocenters. The molecule has 156 valence electrons. The molecule has 28 heavy (non-hydrogen) atoms. The van der Waals surface area contributed by atoms with E-state index in [0.717, 1.165) is 49.4 Å². The van der Waals surface area contributed by atoms with Crippen LogP contribution in [0.25, 0.3) is 0 Å². The standard InChI is InChI=1S/C25H38O3/c1-5-16-14-22-19-7-6-17-15-18(26)10-12-24(17,2)21(19)11-13-25(22,3)20(16)8-9-23(27)28-4/h15-16,19-22H,5-14H2,1-4H3/t16?,19-,20+,21+,22+,24+,25-/m1/s1. The van der Waals surface area contributed by atoms with E-state index in [2.05, 4.69) is 20.8 Å². The number of rotatable bonds is 4. The largest absolute Gasteiger partial charge is 0.469 e. The average Bonchev–Trinajstić information content (AvgIpc) is 2.98. The second kappa shape index (κ2) is 7.29. The van der Waals surface area contributed by atoms with Gasteiger partial charge >= 0.3 is 5.97 Å². The fourth-order valence-electron chi connectivity index (χ4n) is 8.23. The first-order valence-electron chi connectivity index (χ1n) is 11.6. The van der Waals surface area contributed by atoms with E-state index in [9.17, 15) is 9.59 Å². The van der Waals surface area contributed by atoms with Crippen LogP contribution in [0.15, 0.2) is 11.6 Å². The maximum absolute atomic E-state index is 12.0. The van der Waals surface area contributed by atoms with E-state index >= 15 is 0 Å². The van der Waals surface area contributed by atoms with Crippen LogP contribution in [0.1, 0.15) is 85.0 Å². The molecule has 0 heterocycles. The van der Waals surface area contributed by atoms with Crippen molar-refractivity contribution in [1.82, 2.24) is 0 Å². The summed E-state index contributed by atoms with van der Waals surface area (Å²) in [5, 5.41) is 0. The van der Waals surface area contributed by atoms with Gasteiger partial charge in [-0.05, 0) is 91.4 Å². The molecule has 3 fully saturated rings. The molecular formula is C25H38O3. The smallest absolute Gasteiger partial charge is 0.305 e. The maximum atomic E-state index is 12.0. The van der Waals surface area contributed by atoms with Crippen LogP contribution in [0.2, 0.25) is 0 Å². The first-order valence-corrected chi connectivity index (χ1v) is 11.6. The van der Waals surface area contributed by atoms with E-state index in [0.29, 0.717) is 23.5 Å². The zero-order valence-corrected chi connectivity index (χ0v) is 18.3. The zero-order valence-electron chi connectivity index (χ0n) is 18.3. The van der Waals surface area contributed by atoms with Gasteiger partial charge in [0.2, 0.25) is 0 Å². The Morgan fingerprint density at radius 3 is 2.68 bits per heavy atom. The molecule has 0 radical (unpaired) electrons. The fourth-order valence-corrected chi connectivity index (χ4v) is 8.23. The SMILES string of the molecule is CCC1C[C@H]2[C@@H]3CCC4=CC(=O)CC[C@]4(C)[C@H]3CC[C@]2(C)[C@H]1CCC(=O)OC. The summed E-state index contributed by atoms with van der Waals surface area (Å²) in [5.41, 5.74) is 2.09. The van der Waals surface area contributed by atoms with Gasteiger partial charge in [0.15, 0.2) is 5.78 Å². The van der Waals surface area contributed by atoms with Crippen molar-refractivity contribution in [3.05, 3.63) is 11.6 Å². The summed E-state index contributed by atoms with van der Waals surface area (Å²) in [4.78, 5) is 23.8. The van der Waals surface area contributed by atoms with Gasteiger partial charge in [-0.2, -0.15) is 0 Å². The lowest BCUT2D eigenvalue weighted by Crippen LogP contribution is -2.50. The minimum Gasteiger partial charge on any atom is -0.469 e. The number of hydrogen-bond acceptors (Lipinski definition) is 3. The van der Waals surface area contributed by atoms with Crippen molar-refractivity contribution in [1.29, 1.82) is 0 Å². The number of allylic oxidation sites excluding steroid dienone is 1. The summed E-state index contributed by atoms with van der Waals surface area (Å²) in [6, 6.07) is 0. The molecule has 4 aliphatic carbocycles. The number of ether oxygens (including phenoxy) is 1. The van der Waals surface area contributed by atoms with Crippen LogP contribution in [-0.2, 0) is 14.3 Å². The Labute approximate surface area is 170 Å². The summed E-state index contributed by atoms with van der Waals surface area (Å²) in [7, 11) is 1.51. The number of methoxy groups -OCH3 is 1. The van der Waals surface area contributed by atoms with Gasteiger partial charge in [-0.15, -0.1) is 0 Å². The van der Waals surface area contributed by atoms with Crippen LogP contribution < -0.4 is 0 Å². The third-order valence-corrected chi connectivity index (χ3v) is 9.78. The quantitative estimate of drug-likeness (QED) is 0.580. The summed E-state index contributed by atoms with van der Waals surface area (Å²) >= 11 is 0. The third kappa shape index (κ3) is 2.99. The molecule has 0 amide bonds. The highest BCUT2D eigenvalue weighted by molar-refractivity contribution is 5.91. The summed E-state index contributed by atoms with van der Waals surface area (Å²) in [5.74, 6) is 4.02. The van der Waals surface area contributed by atoms with Crippen molar-refractivity contribution in [3.63, 3.8) is 0 Å². The van der Waals surface area contributed by atoms with Gasteiger partial charge < -0.3 is 4.74 Å². The van der Waals surface area contributed by atoms with Crippen LogP contribution in [0.3, 0.4) is 0 Å². The minimum absolute atomic E-state index is 0.0533. The lowest BCUT2D eigenvalue weighted by atomic mass is 9.46. The molecule has 0 saturated heterocycles. The van der Waals surface area contributed by atoms with E-state index in [4.69, 9.17) is 4.74 Å². The van der Waals surface area contributed by atoms with Gasteiger partial charge in [0.25, 0.3) is 0 Å². The van der Waals surface area contributed by atoms with Gasteiger partial charge in [0.05, 0.1) is 7.11 Å². The second-order valence-electron chi connectivity index (χ2n) is 10.6. The molecule has 0 aromatic heterocycles. The van der Waals surface area contributed by atoms with E-state index in [-0.39, 0.29) is 11.4 Å². The lowest BCUT2D eigenvalue weighted by molar-refractivity contribution is -0.141. The van der Waals surface area contributed by atoms with Crippen LogP contribution in [0.4, 0.5) is 0 Å². The van der Waals surface area contributed by atoms with Gasteiger partial charge in [-0.3, -0.25) is 9.59 Å². The molecule has 7 atom stereocenters. The molecule has 3 nitrogen and oxygen atoms in total. The van der Waals surface area contributed by atoms with Crippen molar-refractivity contribution in [2.45, 2.75) is 85.0 Å². The predicted octanol–water partition coefficient (Wildman–Crippen LogP) is 5.72.